The van der Waals surface area contributed by atoms with Crippen LogP contribution in [0.2, 0.25) is 0 Å². The molecule has 0 aromatic rings. The average Bonchev–Trinajstić information content (AvgIpc) is 2.27. The van der Waals surface area contributed by atoms with Gasteiger partial charge in [0, 0.05) is 5.38 Å². The zero-order valence-corrected chi connectivity index (χ0v) is 11.2. The summed E-state index contributed by atoms with van der Waals surface area (Å²) < 4.78 is 0. The number of rotatable bonds is 0. The summed E-state index contributed by atoms with van der Waals surface area (Å²) in [7, 11) is 0. The first-order valence-electron chi connectivity index (χ1n) is 5.59. The van der Waals surface area contributed by atoms with Crippen LogP contribution >= 0.6 is 11.6 Å². The maximum Gasteiger partial charge on any atom is 0.204 e. The van der Waals surface area contributed by atoms with Crippen LogP contribution in [-0.4, -0.2) is 23.0 Å². The zero-order valence-electron chi connectivity index (χ0n) is 10.4. The van der Waals surface area contributed by atoms with Gasteiger partial charge < -0.3 is 10.8 Å². The van der Waals surface area contributed by atoms with Gasteiger partial charge in [0.15, 0.2) is 0 Å². The molecular weight excluding hydrogens is 226 g/mol. The number of hydrogen-bond acceptors (Lipinski definition) is 2. The molecule has 0 aromatic heterocycles. The molecule has 0 radical (unpaired) electrons. The molecule has 1 amide bonds. The number of alkyl halides is 1. The van der Waals surface area contributed by atoms with Gasteiger partial charge in [-0.3, -0.25) is 4.79 Å². The van der Waals surface area contributed by atoms with Gasteiger partial charge in [0.25, 0.3) is 0 Å². The van der Waals surface area contributed by atoms with Crippen molar-refractivity contribution in [2.75, 3.05) is 0 Å². The van der Waals surface area contributed by atoms with Crippen molar-refractivity contribution in [3.63, 3.8) is 0 Å². The third kappa shape index (κ3) is 9.99. The largest absolute Gasteiger partial charge is 0.393 e. The van der Waals surface area contributed by atoms with E-state index in [4.69, 9.17) is 16.4 Å². The van der Waals surface area contributed by atoms with Crippen molar-refractivity contribution in [1.29, 1.82) is 0 Å². The van der Waals surface area contributed by atoms with Crippen LogP contribution in [0.1, 0.15) is 40.0 Å². The lowest BCUT2D eigenvalue weighted by Gasteiger charge is -2.28. The number of carbonyl (C=O) groups is 1. The van der Waals surface area contributed by atoms with Gasteiger partial charge >= 0.3 is 0 Å². The summed E-state index contributed by atoms with van der Waals surface area (Å²) in [5, 5.41) is 9.47. The minimum absolute atomic E-state index is 0.152. The van der Waals surface area contributed by atoms with Gasteiger partial charge in [0.2, 0.25) is 6.41 Å². The average molecular weight is 250 g/mol. The van der Waals surface area contributed by atoms with Crippen LogP contribution in [0.15, 0.2) is 12.2 Å². The molecule has 0 aliphatic heterocycles. The summed E-state index contributed by atoms with van der Waals surface area (Å²) in [6, 6.07) is 0. The molecule has 0 saturated heterocycles. The van der Waals surface area contributed by atoms with E-state index in [2.05, 4.69) is 5.73 Å². The molecule has 0 aromatic carbocycles. The van der Waals surface area contributed by atoms with Crippen molar-refractivity contribution in [3.8, 4) is 0 Å². The summed E-state index contributed by atoms with van der Waals surface area (Å²) in [4.78, 5) is 8.58. The highest BCUT2D eigenvalue weighted by molar-refractivity contribution is 6.20. The molecular formula is C12H24ClNO2. The molecule has 1 fully saturated rings. The van der Waals surface area contributed by atoms with E-state index in [-0.39, 0.29) is 17.9 Å². The fourth-order valence-corrected chi connectivity index (χ4v) is 1.61. The molecule has 3 atom stereocenters. The van der Waals surface area contributed by atoms with Crippen LogP contribution in [0.25, 0.3) is 0 Å². The number of carbonyl (C=O) groups excluding carboxylic acids is 1. The Bertz CT molecular complexity index is 172. The molecule has 16 heavy (non-hydrogen) atoms. The SMILES string of the molecule is C/C=C\C.CC1C(O)CCCC1Cl.NC=O. The molecule has 3 N–H and O–H groups in total. The van der Waals surface area contributed by atoms with Gasteiger partial charge in [0.05, 0.1) is 6.10 Å². The Morgan fingerprint density at radius 3 is 2.00 bits per heavy atom. The third-order valence-electron chi connectivity index (χ3n) is 2.49. The minimum Gasteiger partial charge on any atom is -0.393 e. The fraction of sp³-hybridized carbons (Fsp3) is 0.750. The predicted octanol–water partition coefficient (Wildman–Crippen LogP) is 2.46. The summed E-state index contributed by atoms with van der Waals surface area (Å²) in [5.41, 5.74) is 4.17. The number of aliphatic hydroxyl groups excluding tert-OH is 1. The molecule has 0 bridgehead atoms. The molecule has 4 heteroatoms. The van der Waals surface area contributed by atoms with Crippen LogP contribution in [0.3, 0.4) is 0 Å². The van der Waals surface area contributed by atoms with E-state index in [0.717, 1.165) is 19.3 Å². The highest BCUT2D eigenvalue weighted by atomic mass is 35.5. The molecule has 96 valence electrons. The minimum atomic E-state index is -0.152. The van der Waals surface area contributed by atoms with Gasteiger partial charge in [-0.2, -0.15) is 0 Å². The van der Waals surface area contributed by atoms with Crippen LogP contribution in [0.4, 0.5) is 0 Å². The second kappa shape index (κ2) is 12.5. The summed E-state index contributed by atoms with van der Waals surface area (Å²) in [5.74, 6) is 0.292. The Morgan fingerprint density at radius 2 is 1.75 bits per heavy atom. The van der Waals surface area contributed by atoms with Gasteiger partial charge in [0.1, 0.15) is 0 Å². The van der Waals surface area contributed by atoms with Crippen molar-refractivity contribution in [2.45, 2.75) is 51.5 Å². The quantitative estimate of drug-likeness (QED) is 0.394. The summed E-state index contributed by atoms with van der Waals surface area (Å²) >= 11 is 5.90. The highest BCUT2D eigenvalue weighted by Gasteiger charge is 2.26. The smallest absolute Gasteiger partial charge is 0.204 e. The number of primary amides is 1. The Hall–Kier alpha value is -0.540. The van der Waals surface area contributed by atoms with Crippen molar-refractivity contribution < 1.29 is 9.90 Å². The lowest BCUT2D eigenvalue weighted by Crippen LogP contribution is -2.30. The summed E-state index contributed by atoms with van der Waals surface area (Å²) in [6.07, 6.45) is 7.19. The molecule has 0 heterocycles. The standard InChI is InChI=1S/C7H13ClO.C4H8.CH3NO/c1-5-6(8)3-2-4-7(5)9;1-3-4-2;2-1-3/h5-7,9H,2-4H2,1H3;3-4H,1-2H3;1H,(H2,2,3)/b;4-3-;. The van der Waals surface area contributed by atoms with E-state index in [1.54, 1.807) is 0 Å². The van der Waals surface area contributed by atoms with Gasteiger partial charge in [-0.1, -0.05) is 19.1 Å². The van der Waals surface area contributed by atoms with Crippen molar-refractivity contribution in [3.05, 3.63) is 12.2 Å². The zero-order chi connectivity index (χ0) is 13.0. The van der Waals surface area contributed by atoms with Crippen LogP contribution in [0.5, 0.6) is 0 Å². The molecule has 0 spiro atoms. The highest BCUT2D eigenvalue weighted by Crippen LogP contribution is 2.28. The van der Waals surface area contributed by atoms with Crippen LogP contribution < -0.4 is 5.73 Å². The van der Waals surface area contributed by atoms with E-state index in [1.807, 2.05) is 32.9 Å². The lowest BCUT2D eigenvalue weighted by molar-refractivity contribution is -0.106. The first kappa shape index (κ1) is 17.8. The second-order valence-corrected chi connectivity index (χ2v) is 4.24. The normalized spacial score (nSPS) is 28.4. The third-order valence-corrected chi connectivity index (χ3v) is 3.11. The number of allylic oxidation sites excluding steroid dienone is 2. The monoisotopic (exact) mass is 249 g/mol. The van der Waals surface area contributed by atoms with E-state index in [1.165, 1.54) is 0 Å². The Morgan fingerprint density at radius 1 is 1.31 bits per heavy atom. The van der Waals surface area contributed by atoms with Crippen molar-refractivity contribution in [1.82, 2.24) is 0 Å². The lowest BCUT2D eigenvalue weighted by atomic mass is 9.88. The number of amides is 1. The number of aliphatic hydroxyl groups is 1. The van der Waals surface area contributed by atoms with E-state index >= 15 is 0 Å². The topological polar surface area (TPSA) is 63.3 Å². The van der Waals surface area contributed by atoms with E-state index < -0.39 is 0 Å². The number of nitrogens with two attached hydrogens (primary N) is 1. The maximum atomic E-state index is 9.26. The Labute approximate surface area is 104 Å². The number of hydrogen-bond donors (Lipinski definition) is 2. The van der Waals surface area contributed by atoms with Crippen molar-refractivity contribution >= 4 is 18.0 Å². The molecule has 1 aliphatic carbocycles. The van der Waals surface area contributed by atoms with Crippen molar-refractivity contribution in [2.24, 2.45) is 11.7 Å². The molecule has 1 aliphatic rings. The molecule has 1 rings (SSSR count). The molecule has 3 unspecified atom stereocenters. The Kier molecular flexibility index (Phi) is 14.0. The second-order valence-electron chi connectivity index (χ2n) is 3.68. The van der Waals surface area contributed by atoms with E-state index in [9.17, 15) is 5.11 Å². The van der Waals surface area contributed by atoms with Crippen LogP contribution in [0, 0.1) is 5.92 Å². The van der Waals surface area contributed by atoms with Gasteiger partial charge in [-0.15, -0.1) is 11.6 Å². The first-order valence-corrected chi connectivity index (χ1v) is 6.03. The fourth-order valence-electron chi connectivity index (χ4n) is 1.29. The maximum absolute atomic E-state index is 9.26. The predicted molar refractivity (Wildman–Crippen MR) is 69.4 cm³/mol. The summed E-state index contributed by atoms with van der Waals surface area (Å²) in [6.45, 7) is 6.02. The van der Waals surface area contributed by atoms with Gasteiger partial charge in [-0.25, -0.2) is 0 Å². The van der Waals surface area contributed by atoms with Gasteiger partial charge in [-0.05, 0) is 39.0 Å². The number of halogens is 1. The molecule has 3 nitrogen and oxygen atoms in total. The first-order chi connectivity index (χ1) is 7.54. The van der Waals surface area contributed by atoms with E-state index in [0.29, 0.717) is 5.92 Å². The Balaban J connectivity index is 0. The molecule has 1 saturated carbocycles. The van der Waals surface area contributed by atoms with Crippen LogP contribution in [-0.2, 0) is 4.79 Å².